The summed E-state index contributed by atoms with van der Waals surface area (Å²) in [5.74, 6) is -0.0569. The predicted octanol–water partition coefficient (Wildman–Crippen LogP) is 5.83. The third-order valence-electron chi connectivity index (χ3n) is 5.53. The molecule has 0 aliphatic heterocycles. The fraction of sp³-hybridized carbons (Fsp3) is 0.222. The molecule has 0 spiro atoms. The highest BCUT2D eigenvalue weighted by Gasteiger charge is 2.46. The van der Waals surface area contributed by atoms with Gasteiger partial charge in [-0.05, 0) is 54.4 Å². The van der Waals surface area contributed by atoms with Crippen LogP contribution >= 0.6 is 0 Å². The first-order valence-electron chi connectivity index (χ1n) is 10.5. The van der Waals surface area contributed by atoms with Crippen LogP contribution in [0, 0.1) is 5.82 Å². The zero-order chi connectivity index (χ0) is 23.0. The maximum absolute atomic E-state index is 13.8. The molecule has 3 aromatic carbocycles. The van der Waals surface area contributed by atoms with Crippen molar-refractivity contribution in [3.8, 4) is 5.75 Å². The first kappa shape index (κ1) is 23.1. The minimum atomic E-state index is -1.18. The normalized spacial score (nSPS) is 12.9. The Bertz CT molecular complexity index is 1030. The van der Waals surface area contributed by atoms with Gasteiger partial charge in [0.2, 0.25) is 0 Å². The molecular formula is C27H28FNO3. The zero-order valence-electron chi connectivity index (χ0n) is 18.6. The Kier molecular flexibility index (Phi) is 7.66. The molecule has 0 fully saturated rings. The van der Waals surface area contributed by atoms with E-state index in [2.05, 4.69) is 0 Å². The quantitative estimate of drug-likeness (QED) is 0.398. The van der Waals surface area contributed by atoms with E-state index in [1.165, 1.54) is 19.2 Å². The fourth-order valence-electron chi connectivity index (χ4n) is 3.95. The minimum absolute atomic E-state index is 0.333. The molecule has 0 unspecified atom stereocenters. The van der Waals surface area contributed by atoms with Crippen LogP contribution in [0.1, 0.15) is 24.5 Å². The number of hydrogen-bond donors (Lipinski definition) is 0. The summed E-state index contributed by atoms with van der Waals surface area (Å²) in [4.78, 5) is 15.4. The lowest BCUT2D eigenvalue weighted by molar-refractivity contribution is -0.147. The molecule has 1 atom stereocenters. The minimum Gasteiger partial charge on any atom is -0.497 e. The Morgan fingerprint density at radius 2 is 1.62 bits per heavy atom. The molecule has 0 aliphatic carbocycles. The summed E-state index contributed by atoms with van der Waals surface area (Å²) in [5.41, 5.74) is 1.33. The molecule has 0 heterocycles. The average molecular weight is 434 g/mol. The Hall–Kier alpha value is -3.60. The molecule has 3 aromatic rings. The van der Waals surface area contributed by atoms with Crippen molar-refractivity contribution in [2.45, 2.75) is 18.9 Å². The summed E-state index contributed by atoms with van der Waals surface area (Å²) >= 11 is 0. The zero-order valence-corrected chi connectivity index (χ0v) is 18.6. The number of hydrogen-bond acceptors (Lipinski definition) is 4. The van der Waals surface area contributed by atoms with Gasteiger partial charge in [-0.1, -0.05) is 54.6 Å². The standard InChI is InChI=1S/C27H28FNO3/c1-4-29(24-16-18-25(31-2)19-17-24)27(26(30)32-3,22-12-14-23(28)15-13-22)20-8-11-21-9-6-5-7-10-21/h5-19H,4,20H2,1-3H3/b11-8+/t27-/m0/s1. The van der Waals surface area contributed by atoms with Crippen LogP contribution in [0.15, 0.2) is 84.9 Å². The number of nitrogens with zero attached hydrogens (tertiary/aromatic N) is 1. The number of carbonyl (C=O) groups excluding carboxylic acids is 1. The summed E-state index contributed by atoms with van der Waals surface area (Å²) < 4.78 is 24.4. The highest BCUT2D eigenvalue weighted by atomic mass is 19.1. The van der Waals surface area contributed by atoms with Crippen LogP contribution in [0.2, 0.25) is 0 Å². The van der Waals surface area contributed by atoms with Gasteiger partial charge in [0.15, 0.2) is 5.54 Å². The fourth-order valence-corrected chi connectivity index (χ4v) is 3.95. The maximum Gasteiger partial charge on any atom is 0.336 e. The number of rotatable bonds is 9. The Morgan fingerprint density at radius 3 is 2.19 bits per heavy atom. The smallest absolute Gasteiger partial charge is 0.336 e. The number of carbonyl (C=O) groups is 1. The molecule has 0 saturated carbocycles. The van der Waals surface area contributed by atoms with Crippen molar-refractivity contribution >= 4 is 17.7 Å². The van der Waals surface area contributed by atoms with Gasteiger partial charge in [0.1, 0.15) is 11.6 Å². The Morgan fingerprint density at radius 1 is 0.969 bits per heavy atom. The molecule has 166 valence electrons. The van der Waals surface area contributed by atoms with Crippen LogP contribution in [0.4, 0.5) is 10.1 Å². The maximum atomic E-state index is 13.8. The van der Waals surface area contributed by atoms with E-state index < -0.39 is 11.5 Å². The number of ether oxygens (including phenoxy) is 2. The summed E-state index contributed by atoms with van der Waals surface area (Å²) in [6.07, 6.45) is 4.27. The molecule has 4 nitrogen and oxygen atoms in total. The molecule has 0 N–H and O–H groups in total. The van der Waals surface area contributed by atoms with E-state index >= 15 is 0 Å². The SMILES string of the molecule is CCN(c1ccc(OC)cc1)[C@](C/C=C/c1ccccc1)(C(=O)OC)c1ccc(F)cc1. The lowest BCUT2D eigenvalue weighted by Crippen LogP contribution is -2.53. The van der Waals surface area contributed by atoms with Gasteiger partial charge < -0.3 is 14.4 Å². The van der Waals surface area contributed by atoms with Gasteiger partial charge in [0.25, 0.3) is 0 Å². The van der Waals surface area contributed by atoms with E-state index in [0.29, 0.717) is 18.5 Å². The summed E-state index contributed by atoms with van der Waals surface area (Å²) in [7, 11) is 2.99. The van der Waals surface area contributed by atoms with Crippen molar-refractivity contribution < 1.29 is 18.7 Å². The van der Waals surface area contributed by atoms with Crippen LogP contribution in [-0.4, -0.2) is 26.7 Å². The summed E-state index contributed by atoms with van der Waals surface area (Å²) in [5, 5.41) is 0. The molecule has 0 bridgehead atoms. The van der Waals surface area contributed by atoms with Gasteiger partial charge in [-0.3, -0.25) is 0 Å². The highest BCUT2D eigenvalue weighted by Crippen LogP contribution is 2.38. The molecule has 32 heavy (non-hydrogen) atoms. The lowest BCUT2D eigenvalue weighted by Gasteiger charge is -2.42. The van der Waals surface area contributed by atoms with Gasteiger partial charge in [-0.2, -0.15) is 0 Å². The molecule has 3 rings (SSSR count). The van der Waals surface area contributed by atoms with Crippen molar-refractivity contribution in [1.82, 2.24) is 0 Å². The first-order valence-corrected chi connectivity index (χ1v) is 10.5. The average Bonchev–Trinajstić information content (AvgIpc) is 2.84. The van der Waals surface area contributed by atoms with Crippen molar-refractivity contribution in [3.63, 3.8) is 0 Å². The number of benzene rings is 3. The van der Waals surface area contributed by atoms with E-state index in [9.17, 15) is 9.18 Å². The van der Waals surface area contributed by atoms with E-state index in [1.54, 1.807) is 19.2 Å². The highest BCUT2D eigenvalue weighted by molar-refractivity contribution is 5.87. The molecule has 0 aromatic heterocycles. The third-order valence-corrected chi connectivity index (χ3v) is 5.53. The molecule has 5 heteroatoms. The lowest BCUT2D eigenvalue weighted by atomic mass is 9.83. The second-order valence-electron chi connectivity index (χ2n) is 7.32. The van der Waals surface area contributed by atoms with E-state index in [0.717, 1.165) is 17.0 Å². The van der Waals surface area contributed by atoms with Crippen LogP contribution in [-0.2, 0) is 15.1 Å². The van der Waals surface area contributed by atoms with Crippen LogP contribution in [0.5, 0.6) is 5.75 Å². The van der Waals surface area contributed by atoms with Crippen LogP contribution < -0.4 is 9.64 Å². The second kappa shape index (κ2) is 10.6. The molecule has 0 aliphatic rings. The second-order valence-corrected chi connectivity index (χ2v) is 7.32. The number of anilines is 1. The summed E-state index contributed by atoms with van der Waals surface area (Å²) in [6, 6.07) is 23.4. The van der Waals surface area contributed by atoms with Gasteiger partial charge in [-0.25, -0.2) is 9.18 Å². The van der Waals surface area contributed by atoms with Crippen LogP contribution in [0.3, 0.4) is 0 Å². The Balaban J connectivity index is 2.14. The largest absolute Gasteiger partial charge is 0.497 e. The van der Waals surface area contributed by atoms with Gasteiger partial charge in [-0.15, -0.1) is 0 Å². The van der Waals surface area contributed by atoms with Crippen molar-refractivity contribution in [1.29, 1.82) is 0 Å². The third kappa shape index (κ3) is 4.83. The van der Waals surface area contributed by atoms with E-state index in [-0.39, 0.29) is 5.82 Å². The summed E-state index contributed by atoms with van der Waals surface area (Å²) in [6.45, 7) is 2.50. The first-order chi connectivity index (χ1) is 15.5. The van der Waals surface area contributed by atoms with Gasteiger partial charge >= 0.3 is 5.97 Å². The molecule has 0 radical (unpaired) electrons. The van der Waals surface area contributed by atoms with Crippen molar-refractivity contribution in [2.24, 2.45) is 0 Å². The van der Waals surface area contributed by atoms with Gasteiger partial charge in [0.05, 0.1) is 14.2 Å². The van der Waals surface area contributed by atoms with E-state index in [4.69, 9.17) is 9.47 Å². The number of methoxy groups -OCH3 is 2. The molecule has 0 saturated heterocycles. The van der Waals surface area contributed by atoms with Gasteiger partial charge in [0, 0.05) is 18.7 Å². The predicted molar refractivity (Wildman–Crippen MR) is 126 cm³/mol. The number of esters is 1. The molecular weight excluding hydrogens is 405 g/mol. The van der Waals surface area contributed by atoms with Crippen molar-refractivity contribution in [2.75, 3.05) is 25.7 Å². The number of halogens is 1. The molecule has 0 amide bonds. The van der Waals surface area contributed by atoms with Crippen molar-refractivity contribution in [3.05, 3.63) is 102 Å². The van der Waals surface area contributed by atoms with E-state index in [1.807, 2.05) is 78.6 Å². The number of likely N-dealkylation sites (N-methyl/N-ethyl adjacent to an activating group) is 1. The van der Waals surface area contributed by atoms with Crippen LogP contribution in [0.25, 0.3) is 6.08 Å². The topological polar surface area (TPSA) is 38.8 Å². The monoisotopic (exact) mass is 433 g/mol. The Labute approximate surface area is 188 Å².